The lowest BCUT2D eigenvalue weighted by molar-refractivity contribution is 0.626. The van der Waals surface area contributed by atoms with Crippen LogP contribution in [0.25, 0.3) is 0 Å². The maximum Gasteiger partial charge on any atom is 0.123 e. The molecule has 1 nitrogen and oxygen atoms in total. The van der Waals surface area contributed by atoms with Crippen LogP contribution in [0.3, 0.4) is 0 Å². The third-order valence-electron chi connectivity index (χ3n) is 2.23. The van der Waals surface area contributed by atoms with Crippen LogP contribution in [0.15, 0.2) is 18.2 Å². The Morgan fingerprint density at radius 2 is 2.20 bits per heavy atom. The molecule has 0 saturated carbocycles. The van der Waals surface area contributed by atoms with Gasteiger partial charge in [0.15, 0.2) is 0 Å². The second kappa shape index (κ2) is 6.23. The third kappa shape index (κ3) is 3.58. The lowest BCUT2D eigenvalue weighted by Gasteiger charge is -2.21. The Labute approximate surface area is 99.6 Å². The molecule has 1 aromatic carbocycles. The standard InChI is InChI=1S/C11H15ClFNS/c1-14(5-6-15-2)11-4-3-10(13)7-9(11)8-12/h3-4,7H,5-6,8H2,1-2H3. The van der Waals surface area contributed by atoms with Gasteiger partial charge in [0, 0.05) is 30.9 Å². The van der Waals surface area contributed by atoms with Crippen LogP contribution < -0.4 is 4.90 Å². The van der Waals surface area contributed by atoms with Crippen LogP contribution in [-0.2, 0) is 5.88 Å². The fourth-order valence-electron chi connectivity index (χ4n) is 1.38. The first kappa shape index (κ1) is 12.7. The van der Waals surface area contributed by atoms with Crippen molar-refractivity contribution in [2.75, 3.05) is 30.5 Å². The van der Waals surface area contributed by atoms with Gasteiger partial charge in [-0.1, -0.05) is 0 Å². The number of thioether (sulfide) groups is 1. The molecule has 0 aliphatic heterocycles. The van der Waals surface area contributed by atoms with Gasteiger partial charge in [0.2, 0.25) is 0 Å². The van der Waals surface area contributed by atoms with E-state index < -0.39 is 0 Å². The van der Waals surface area contributed by atoms with Gasteiger partial charge in [-0.3, -0.25) is 0 Å². The van der Waals surface area contributed by atoms with E-state index in [0.717, 1.165) is 23.5 Å². The van der Waals surface area contributed by atoms with Crippen molar-refractivity contribution in [2.24, 2.45) is 0 Å². The first-order chi connectivity index (χ1) is 7.19. The van der Waals surface area contributed by atoms with Crippen molar-refractivity contribution >= 4 is 29.1 Å². The Morgan fingerprint density at radius 3 is 2.80 bits per heavy atom. The lowest BCUT2D eigenvalue weighted by Crippen LogP contribution is -2.21. The minimum Gasteiger partial charge on any atom is -0.374 e. The molecule has 1 rings (SSSR count). The first-order valence-electron chi connectivity index (χ1n) is 4.73. The maximum atomic E-state index is 13.0. The van der Waals surface area contributed by atoms with Crippen molar-refractivity contribution < 1.29 is 4.39 Å². The van der Waals surface area contributed by atoms with Crippen molar-refractivity contribution in [3.8, 4) is 0 Å². The van der Waals surface area contributed by atoms with Gasteiger partial charge in [0.25, 0.3) is 0 Å². The number of nitrogens with zero attached hydrogens (tertiary/aromatic N) is 1. The molecule has 0 aliphatic carbocycles. The number of rotatable bonds is 5. The van der Waals surface area contributed by atoms with Gasteiger partial charge in [0.05, 0.1) is 0 Å². The van der Waals surface area contributed by atoms with Crippen LogP contribution in [0.2, 0.25) is 0 Å². The van der Waals surface area contributed by atoms with E-state index in [1.807, 2.05) is 7.05 Å². The summed E-state index contributed by atoms with van der Waals surface area (Å²) in [6.07, 6.45) is 2.07. The molecule has 84 valence electrons. The number of hydrogen-bond donors (Lipinski definition) is 0. The smallest absolute Gasteiger partial charge is 0.123 e. The second-order valence-electron chi connectivity index (χ2n) is 3.32. The SMILES string of the molecule is CSCCN(C)c1ccc(F)cc1CCl. The molecule has 0 fully saturated rings. The van der Waals surface area contributed by atoms with E-state index in [0.29, 0.717) is 5.88 Å². The molecular formula is C11H15ClFNS. The summed E-state index contributed by atoms with van der Waals surface area (Å²) >= 11 is 7.58. The molecule has 0 spiro atoms. The summed E-state index contributed by atoms with van der Waals surface area (Å²) in [6.45, 7) is 0.941. The zero-order valence-electron chi connectivity index (χ0n) is 8.96. The molecule has 15 heavy (non-hydrogen) atoms. The van der Waals surface area contributed by atoms with E-state index in [-0.39, 0.29) is 5.82 Å². The molecule has 1 aromatic rings. The molecule has 0 saturated heterocycles. The van der Waals surface area contributed by atoms with Gasteiger partial charge in [-0.05, 0) is 30.0 Å². The minimum atomic E-state index is -0.229. The van der Waals surface area contributed by atoms with Gasteiger partial charge >= 0.3 is 0 Å². The van der Waals surface area contributed by atoms with Crippen LogP contribution >= 0.6 is 23.4 Å². The van der Waals surface area contributed by atoms with Crippen LogP contribution in [0.4, 0.5) is 10.1 Å². The second-order valence-corrected chi connectivity index (χ2v) is 4.57. The Kier molecular flexibility index (Phi) is 5.26. The Hall–Kier alpha value is -0.410. The van der Waals surface area contributed by atoms with Gasteiger partial charge in [-0.2, -0.15) is 11.8 Å². The number of anilines is 1. The summed E-state index contributed by atoms with van der Waals surface area (Å²) in [5, 5.41) is 0. The zero-order chi connectivity index (χ0) is 11.3. The molecule has 0 amide bonds. The van der Waals surface area contributed by atoms with Crippen molar-refractivity contribution in [2.45, 2.75) is 5.88 Å². The van der Waals surface area contributed by atoms with Crippen molar-refractivity contribution in [1.29, 1.82) is 0 Å². The van der Waals surface area contributed by atoms with E-state index in [9.17, 15) is 4.39 Å². The average Bonchev–Trinajstić information content (AvgIpc) is 2.25. The molecule has 0 aromatic heterocycles. The molecule has 0 N–H and O–H groups in total. The summed E-state index contributed by atoms with van der Waals surface area (Å²) < 4.78 is 13.0. The van der Waals surface area contributed by atoms with Crippen LogP contribution in [0.1, 0.15) is 5.56 Å². The maximum absolute atomic E-state index is 13.0. The molecule has 0 radical (unpaired) electrons. The number of alkyl halides is 1. The highest BCUT2D eigenvalue weighted by atomic mass is 35.5. The minimum absolute atomic E-state index is 0.229. The number of benzene rings is 1. The monoisotopic (exact) mass is 247 g/mol. The zero-order valence-corrected chi connectivity index (χ0v) is 10.5. The fourth-order valence-corrected chi connectivity index (χ4v) is 2.05. The normalized spacial score (nSPS) is 10.4. The highest BCUT2D eigenvalue weighted by Gasteiger charge is 2.07. The third-order valence-corrected chi connectivity index (χ3v) is 3.11. The van der Waals surface area contributed by atoms with E-state index >= 15 is 0 Å². The summed E-state index contributed by atoms with van der Waals surface area (Å²) in [7, 11) is 2.00. The topological polar surface area (TPSA) is 3.24 Å². The van der Waals surface area contributed by atoms with E-state index in [2.05, 4.69) is 11.2 Å². The van der Waals surface area contributed by atoms with Gasteiger partial charge < -0.3 is 4.90 Å². The molecule has 0 heterocycles. The lowest BCUT2D eigenvalue weighted by atomic mass is 10.2. The van der Waals surface area contributed by atoms with Crippen molar-refractivity contribution in [3.63, 3.8) is 0 Å². The Morgan fingerprint density at radius 1 is 1.47 bits per heavy atom. The molecular weight excluding hydrogens is 233 g/mol. The molecule has 0 aliphatic rings. The van der Waals surface area contributed by atoms with Gasteiger partial charge in [-0.25, -0.2) is 4.39 Å². The highest BCUT2D eigenvalue weighted by Crippen LogP contribution is 2.22. The Bertz CT molecular complexity index is 319. The van der Waals surface area contributed by atoms with Crippen LogP contribution in [0.5, 0.6) is 0 Å². The molecule has 0 atom stereocenters. The van der Waals surface area contributed by atoms with E-state index in [4.69, 9.17) is 11.6 Å². The summed E-state index contributed by atoms with van der Waals surface area (Å²) in [4.78, 5) is 2.10. The summed E-state index contributed by atoms with van der Waals surface area (Å²) in [6, 6.07) is 4.76. The van der Waals surface area contributed by atoms with E-state index in [1.165, 1.54) is 12.1 Å². The van der Waals surface area contributed by atoms with Gasteiger partial charge in [0.1, 0.15) is 5.82 Å². The molecule has 4 heteroatoms. The predicted molar refractivity (Wildman–Crippen MR) is 67.6 cm³/mol. The number of halogens is 2. The highest BCUT2D eigenvalue weighted by molar-refractivity contribution is 7.98. The average molecular weight is 248 g/mol. The summed E-state index contributed by atoms with van der Waals surface area (Å²) in [5.74, 6) is 1.17. The number of hydrogen-bond acceptors (Lipinski definition) is 2. The largest absolute Gasteiger partial charge is 0.374 e. The van der Waals surface area contributed by atoms with Gasteiger partial charge in [-0.15, -0.1) is 11.6 Å². The molecule has 0 unspecified atom stereocenters. The quantitative estimate of drug-likeness (QED) is 0.734. The molecule has 0 bridgehead atoms. The van der Waals surface area contributed by atoms with Crippen molar-refractivity contribution in [1.82, 2.24) is 0 Å². The fraction of sp³-hybridized carbons (Fsp3) is 0.455. The van der Waals surface area contributed by atoms with Crippen LogP contribution in [0, 0.1) is 5.82 Å². The van der Waals surface area contributed by atoms with E-state index in [1.54, 1.807) is 17.8 Å². The predicted octanol–water partition coefficient (Wildman–Crippen LogP) is 3.36. The van der Waals surface area contributed by atoms with Crippen LogP contribution in [-0.4, -0.2) is 25.6 Å². The Balaban J connectivity index is 2.82. The van der Waals surface area contributed by atoms with Crippen molar-refractivity contribution in [3.05, 3.63) is 29.6 Å². The summed E-state index contributed by atoms with van der Waals surface area (Å²) in [5.41, 5.74) is 1.86. The first-order valence-corrected chi connectivity index (χ1v) is 6.66.